The maximum absolute atomic E-state index is 12.4. The second-order valence-electron chi connectivity index (χ2n) is 6.23. The Kier molecular flexibility index (Phi) is 5.40. The van der Waals surface area contributed by atoms with E-state index in [2.05, 4.69) is 15.4 Å². The van der Waals surface area contributed by atoms with Gasteiger partial charge in [-0.1, -0.05) is 12.1 Å². The first kappa shape index (κ1) is 18.4. The summed E-state index contributed by atoms with van der Waals surface area (Å²) in [5.74, 6) is -1.05. The Morgan fingerprint density at radius 2 is 1.48 bits per heavy atom. The van der Waals surface area contributed by atoms with Crippen molar-refractivity contribution in [2.24, 2.45) is 11.8 Å². The van der Waals surface area contributed by atoms with Crippen LogP contribution in [0.4, 0.5) is 11.4 Å². The van der Waals surface area contributed by atoms with Crippen LogP contribution in [0.15, 0.2) is 48.5 Å². The first-order valence-corrected chi connectivity index (χ1v) is 8.46. The molecule has 7 heteroatoms. The van der Waals surface area contributed by atoms with E-state index in [1.54, 1.807) is 49.6 Å². The van der Waals surface area contributed by atoms with Crippen LogP contribution in [-0.4, -0.2) is 32.0 Å². The van der Waals surface area contributed by atoms with Crippen molar-refractivity contribution in [3.8, 4) is 5.75 Å². The highest BCUT2D eigenvalue weighted by atomic mass is 16.5. The summed E-state index contributed by atoms with van der Waals surface area (Å²) >= 11 is 0. The molecule has 0 bridgehead atoms. The summed E-state index contributed by atoms with van der Waals surface area (Å²) in [6, 6.07) is 13.5. The Balaban J connectivity index is 1.57. The largest absolute Gasteiger partial charge is 0.497 e. The van der Waals surface area contributed by atoms with Gasteiger partial charge in [-0.05, 0) is 36.8 Å². The summed E-state index contributed by atoms with van der Waals surface area (Å²) in [5, 5.41) is 5.54. The van der Waals surface area contributed by atoms with E-state index in [0.29, 0.717) is 29.1 Å². The lowest BCUT2D eigenvalue weighted by atomic mass is 10.2. The number of amides is 2. The SMILES string of the molecule is COC(=O)c1cccc(NC(=O)C2CC2C(=O)Nc2cccc(OC)c2)c1. The van der Waals surface area contributed by atoms with Crippen LogP contribution < -0.4 is 15.4 Å². The van der Waals surface area contributed by atoms with Gasteiger partial charge < -0.3 is 20.1 Å². The van der Waals surface area contributed by atoms with Crippen LogP contribution >= 0.6 is 0 Å². The minimum Gasteiger partial charge on any atom is -0.497 e. The number of hydrogen-bond acceptors (Lipinski definition) is 5. The van der Waals surface area contributed by atoms with Gasteiger partial charge in [0.1, 0.15) is 5.75 Å². The summed E-state index contributed by atoms with van der Waals surface area (Å²) in [6.45, 7) is 0. The van der Waals surface area contributed by atoms with Gasteiger partial charge in [-0.25, -0.2) is 4.79 Å². The van der Waals surface area contributed by atoms with Gasteiger partial charge in [-0.15, -0.1) is 0 Å². The van der Waals surface area contributed by atoms with Crippen molar-refractivity contribution < 1.29 is 23.9 Å². The first-order chi connectivity index (χ1) is 13.0. The van der Waals surface area contributed by atoms with Crippen molar-refractivity contribution in [1.82, 2.24) is 0 Å². The van der Waals surface area contributed by atoms with E-state index >= 15 is 0 Å². The van der Waals surface area contributed by atoms with Gasteiger partial charge in [0.05, 0.1) is 31.6 Å². The molecule has 7 nitrogen and oxygen atoms in total. The second kappa shape index (κ2) is 7.90. The molecule has 2 atom stereocenters. The molecule has 1 fully saturated rings. The molecule has 0 aromatic heterocycles. The first-order valence-electron chi connectivity index (χ1n) is 8.46. The summed E-state index contributed by atoms with van der Waals surface area (Å²) in [5.41, 5.74) is 1.45. The zero-order chi connectivity index (χ0) is 19.4. The Hall–Kier alpha value is -3.35. The molecule has 2 aromatic rings. The molecule has 1 saturated carbocycles. The molecule has 1 aliphatic rings. The van der Waals surface area contributed by atoms with E-state index in [1.807, 2.05) is 0 Å². The molecule has 2 amide bonds. The van der Waals surface area contributed by atoms with Gasteiger partial charge in [-0.3, -0.25) is 9.59 Å². The van der Waals surface area contributed by atoms with Crippen LogP contribution in [0, 0.1) is 11.8 Å². The van der Waals surface area contributed by atoms with E-state index in [4.69, 9.17) is 4.74 Å². The zero-order valence-electron chi connectivity index (χ0n) is 15.0. The molecular weight excluding hydrogens is 348 g/mol. The topological polar surface area (TPSA) is 93.7 Å². The number of nitrogens with one attached hydrogen (secondary N) is 2. The fraction of sp³-hybridized carbons (Fsp3) is 0.250. The Morgan fingerprint density at radius 3 is 2.07 bits per heavy atom. The molecule has 2 N–H and O–H groups in total. The van der Waals surface area contributed by atoms with Gasteiger partial charge in [-0.2, -0.15) is 0 Å². The van der Waals surface area contributed by atoms with Gasteiger partial charge in [0, 0.05) is 17.4 Å². The van der Waals surface area contributed by atoms with Crippen LogP contribution in [0.3, 0.4) is 0 Å². The maximum atomic E-state index is 12.4. The van der Waals surface area contributed by atoms with E-state index < -0.39 is 11.9 Å². The lowest BCUT2D eigenvalue weighted by Gasteiger charge is -2.08. The number of benzene rings is 2. The number of esters is 1. The lowest BCUT2D eigenvalue weighted by Crippen LogP contribution is -2.20. The minimum atomic E-state index is -0.479. The molecule has 0 heterocycles. The standard InChI is InChI=1S/C20H20N2O5/c1-26-15-8-4-7-14(10-15)22-19(24)17-11-16(17)18(23)21-13-6-3-5-12(9-13)20(25)27-2/h3-10,16-17H,11H2,1-2H3,(H,21,23)(H,22,24). The molecule has 0 spiro atoms. The average Bonchev–Trinajstić information content (AvgIpc) is 3.49. The predicted molar refractivity (Wildman–Crippen MR) is 99.6 cm³/mol. The highest BCUT2D eigenvalue weighted by Gasteiger charge is 2.48. The van der Waals surface area contributed by atoms with Crippen molar-refractivity contribution in [1.29, 1.82) is 0 Å². The number of carbonyl (C=O) groups is 3. The summed E-state index contributed by atoms with van der Waals surface area (Å²) in [6.07, 6.45) is 0.484. The Bertz CT molecular complexity index is 880. The Labute approximate surface area is 156 Å². The molecule has 2 aromatic carbocycles. The van der Waals surface area contributed by atoms with Crippen LogP contribution in [0.5, 0.6) is 5.75 Å². The molecule has 3 rings (SSSR count). The molecule has 0 saturated heterocycles. The third-order valence-corrected chi connectivity index (χ3v) is 4.35. The minimum absolute atomic E-state index is 0.202. The summed E-state index contributed by atoms with van der Waals surface area (Å²) in [4.78, 5) is 36.3. The average molecular weight is 368 g/mol. The molecule has 140 valence electrons. The smallest absolute Gasteiger partial charge is 0.337 e. The van der Waals surface area contributed by atoms with Crippen LogP contribution in [0.25, 0.3) is 0 Å². The van der Waals surface area contributed by atoms with Crippen molar-refractivity contribution in [3.63, 3.8) is 0 Å². The van der Waals surface area contributed by atoms with E-state index in [-0.39, 0.29) is 17.7 Å². The van der Waals surface area contributed by atoms with Crippen molar-refractivity contribution >= 4 is 29.2 Å². The van der Waals surface area contributed by atoms with E-state index in [0.717, 1.165) is 0 Å². The number of hydrogen-bond donors (Lipinski definition) is 2. The van der Waals surface area contributed by atoms with Gasteiger partial charge in [0.25, 0.3) is 0 Å². The quantitative estimate of drug-likeness (QED) is 0.765. The monoisotopic (exact) mass is 368 g/mol. The highest BCUT2D eigenvalue weighted by Crippen LogP contribution is 2.40. The summed E-state index contributed by atoms with van der Waals surface area (Å²) < 4.78 is 9.79. The fourth-order valence-corrected chi connectivity index (χ4v) is 2.79. The molecular formula is C20H20N2O5. The summed E-state index contributed by atoms with van der Waals surface area (Å²) in [7, 11) is 2.85. The third kappa shape index (κ3) is 4.44. The Morgan fingerprint density at radius 1 is 0.889 bits per heavy atom. The third-order valence-electron chi connectivity index (χ3n) is 4.35. The molecule has 1 aliphatic carbocycles. The molecule has 0 aliphatic heterocycles. The van der Waals surface area contributed by atoms with E-state index in [9.17, 15) is 14.4 Å². The molecule has 27 heavy (non-hydrogen) atoms. The maximum Gasteiger partial charge on any atom is 0.337 e. The fourth-order valence-electron chi connectivity index (χ4n) is 2.79. The highest BCUT2D eigenvalue weighted by molar-refractivity contribution is 6.03. The number of ether oxygens (including phenoxy) is 2. The van der Waals surface area contributed by atoms with Crippen LogP contribution in [0.1, 0.15) is 16.8 Å². The van der Waals surface area contributed by atoms with Gasteiger partial charge >= 0.3 is 5.97 Å². The second-order valence-corrected chi connectivity index (χ2v) is 6.23. The zero-order valence-corrected chi connectivity index (χ0v) is 15.0. The van der Waals surface area contributed by atoms with Crippen molar-refractivity contribution in [3.05, 3.63) is 54.1 Å². The molecule has 2 unspecified atom stereocenters. The number of rotatable bonds is 6. The number of carbonyl (C=O) groups excluding carboxylic acids is 3. The number of methoxy groups -OCH3 is 2. The lowest BCUT2D eigenvalue weighted by molar-refractivity contribution is -0.122. The molecule has 0 radical (unpaired) electrons. The van der Waals surface area contributed by atoms with Crippen molar-refractivity contribution in [2.75, 3.05) is 24.9 Å². The van der Waals surface area contributed by atoms with Crippen LogP contribution in [0.2, 0.25) is 0 Å². The van der Waals surface area contributed by atoms with E-state index in [1.165, 1.54) is 13.2 Å². The van der Waals surface area contributed by atoms with Gasteiger partial charge in [0.15, 0.2) is 0 Å². The van der Waals surface area contributed by atoms with Gasteiger partial charge in [0.2, 0.25) is 11.8 Å². The normalized spacial score (nSPS) is 17.6. The predicted octanol–water partition coefficient (Wildman–Crippen LogP) is 2.70. The van der Waals surface area contributed by atoms with Crippen LogP contribution in [-0.2, 0) is 14.3 Å². The number of anilines is 2. The van der Waals surface area contributed by atoms with Crippen molar-refractivity contribution in [2.45, 2.75) is 6.42 Å².